The van der Waals surface area contributed by atoms with Crippen molar-refractivity contribution < 1.29 is 13.9 Å². The topological polar surface area (TPSA) is 34.8 Å². The van der Waals surface area contributed by atoms with Gasteiger partial charge >= 0.3 is 0 Å². The summed E-state index contributed by atoms with van der Waals surface area (Å²) in [6, 6.07) is 70.3. The van der Waals surface area contributed by atoms with Gasteiger partial charge in [-0.25, -0.2) is 0 Å². The molecule has 4 heteroatoms. The van der Waals surface area contributed by atoms with Crippen molar-refractivity contribution in [3.63, 3.8) is 0 Å². The lowest BCUT2D eigenvalue weighted by Crippen LogP contribution is -2.10. The number of furan rings is 1. The van der Waals surface area contributed by atoms with E-state index in [0.717, 1.165) is 118 Å². The first-order chi connectivity index (χ1) is 28.7. The average Bonchev–Trinajstić information content (AvgIpc) is 3.50. The highest BCUT2D eigenvalue weighted by molar-refractivity contribution is 6.06. The first-order valence-electron chi connectivity index (χ1n) is 19.6. The van der Waals surface area contributed by atoms with Crippen LogP contribution in [-0.4, -0.2) is 0 Å². The minimum Gasteiger partial charge on any atom is -0.456 e. The van der Waals surface area contributed by atoms with Crippen LogP contribution in [0.2, 0.25) is 0 Å². The minimum atomic E-state index is 0.805. The number of ether oxygens (including phenoxy) is 2. The van der Waals surface area contributed by atoms with Gasteiger partial charge in [-0.2, -0.15) is 0 Å². The van der Waals surface area contributed by atoms with Gasteiger partial charge in [0.05, 0.1) is 0 Å². The molecule has 2 aliphatic rings. The molecule has 58 heavy (non-hydrogen) atoms. The normalized spacial score (nSPS) is 12.1. The molecular formula is C54H33NO3. The molecule has 0 unspecified atom stereocenters. The summed E-state index contributed by atoms with van der Waals surface area (Å²) >= 11 is 0. The van der Waals surface area contributed by atoms with Crippen molar-refractivity contribution in [1.29, 1.82) is 0 Å². The summed E-state index contributed by atoms with van der Waals surface area (Å²) in [4.78, 5) is 2.32. The van der Waals surface area contributed by atoms with Crippen LogP contribution in [0.25, 0.3) is 77.6 Å². The van der Waals surface area contributed by atoms with Gasteiger partial charge in [-0.1, -0.05) is 121 Å². The Morgan fingerprint density at radius 2 is 0.741 bits per heavy atom. The number of rotatable bonds is 4. The molecule has 0 N–H and O–H groups in total. The Labute approximate surface area is 335 Å². The summed E-state index contributed by atoms with van der Waals surface area (Å²) in [7, 11) is 0. The molecule has 2 aliphatic heterocycles. The second kappa shape index (κ2) is 12.9. The molecule has 0 atom stereocenters. The molecule has 12 rings (SSSR count). The van der Waals surface area contributed by atoms with E-state index in [-0.39, 0.29) is 0 Å². The monoisotopic (exact) mass is 743 g/mol. The number of nitrogens with zero attached hydrogens (tertiary/aromatic N) is 1. The van der Waals surface area contributed by atoms with Crippen molar-refractivity contribution in [3.8, 4) is 78.6 Å². The van der Waals surface area contributed by atoms with Crippen molar-refractivity contribution in [3.05, 3.63) is 200 Å². The Balaban J connectivity index is 1.03. The Hall–Kier alpha value is -7.82. The van der Waals surface area contributed by atoms with Gasteiger partial charge in [0.2, 0.25) is 0 Å². The number of benzene rings is 9. The van der Waals surface area contributed by atoms with Crippen LogP contribution in [0.5, 0.6) is 23.0 Å². The summed E-state index contributed by atoms with van der Waals surface area (Å²) in [5, 5.41) is 2.23. The minimum absolute atomic E-state index is 0.805. The molecule has 0 bridgehead atoms. The number of fused-ring (bicyclic) bond motifs is 13. The number of hydrogen-bond donors (Lipinski definition) is 0. The molecule has 0 spiro atoms. The smallest absolute Gasteiger partial charge is 0.137 e. The standard InChI is InChI=1S/C54H33NO3/c1-2-12-40-39(11-1)42-13-3-8-18-50(42)58-54-33-38(27-29-46(40)54)55(36-24-21-34(22-25-36)35-23-30-53-48(31-35)45-16-6-10-20-52(45)57-53)37-26-28-41-43-14-4-7-17-49(43)56-51-19-9-5-15-44(51)47(41)32-37/h1-33H. The molecule has 0 amide bonds. The molecule has 0 saturated carbocycles. The second-order valence-electron chi connectivity index (χ2n) is 14.8. The zero-order valence-electron chi connectivity index (χ0n) is 31.2. The molecule has 3 heterocycles. The second-order valence-corrected chi connectivity index (χ2v) is 14.8. The van der Waals surface area contributed by atoms with Crippen LogP contribution in [0.1, 0.15) is 0 Å². The first-order valence-corrected chi connectivity index (χ1v) is 19.6. The largest absolute Gasteiger partial charge is 0.456 e. The maximum Gasteiger partial charge on any atom is 0.137 e. The van der Waals surface area contributed by atoms with Crippen molar-refractivity contribution in [1.82, 2.24) is 0 Å². The number of hydrogen-bond acceptors (Lipinski definition) is 4. The van der Waals surface area contributed by atoms with Gasteiger partial charge in [0.15, 0.2) is 0 Å². The molecule has 0 aliphatic carbocycles. The van der Waals surface area contributed by atoms with E-state index >= 15 is 0 Å². The van der Waals surface area contributed by atoms with Crippen molar-refractivity contribution in [2.75, 3.05) is 4.90 Å². The highest BCUT2D eigenvalue weighted by Gasteiger charge is 2.25. The van der Waals surface area contributed by atoms with Gasteiger partial charge in [0.1, 0.15) is 34.2 Å². The van der Waals surface area contributed by atoms with E-state index in [1.54, 1.807) is 0 Å². The fourth-order valence-electron chi connectivity index (χ4n) is 8.77. The lowest BCUT2D eigenvalue weighted by molar-refractivity contribution is 0.487. The van der Waals surface area contributed by atoms with Crippen LogP contribution >= 0.6 is 0 Å². The molecule has 0 fully saturated rings. The third kappa shape index (κ3) is 5.16. The lowest BCUT2D eigenvalue weighted by Gasteiger charge is -2.27. The quantitative estimate of drug-likeness (QED) is 0.180. The van der Waals surface area contributed by atoms with E-state index in [4.69, 9.17) is 13.9 Å². The molecule has 0 radical (unpaired) electrons. The van der Waals surface area contributed by atoms with E-state index in [0.29, 0.717) is 0 Å². The van der Waals surface area contributed by atoms with Crippen LogP contribution < -0.4 is 14.4 Å². The fourth-order valence-corrected chi connectivity index (χ4v) is 8.77. The summed E-state index contributed by atoms with van der Waals surface area (Å²) in [6.07, 6.45) is 0. The van der Waals surface area contributed by atoms with Gasteiger partial charge in [0.25, 0.3) is 0 Å². The van der Waals surface area contributed by atoms with Crippen molar-refractivity contribution >= 4 is 39.0 Å². The number of anilines is 3. The van der Waals surface area contributed by atoms with Gasteiger partial charge < -0.3 is 18.8 Å². The number of para-hydroxylation sites is 4. The zero-order valence-corrected chi connectivity index (χ0v) is 31.2. The van der Waals surface area contributed by atoms with Gasteiger partial charge in [-0.15, -0.1) is 0 Å². The molecule has 272 valence electrons. The van der Waals surface area contributed by atoms with E-state index < -0.39 is 0 Å². The summed E-state index contributed by atoms with van der Waals surface area (Å²) in [5.74, 6) is 3.32. The van der Waals surface area contributed by atoms with E-state index in [9.17, 15) is 0 Å². The lowest BCUT2D eigenvalue weighted by atomic mass is 9.93. The van der Waals surface area contributed by atoms with Crippen molar-refractivity contribution in [2.45, 2.75) is 0 Å². The average molecular weight is 744 g/mol. The van der Waals surface area contributed by atoms with E-state index in [2.05, 4.69) is 163 Å². The van der Waals surface area contributed by atoms with Crippen molar-refractivity contribution in [2.24, 2.45) is 0 Å². The van der Waals surface area contributed by atoms with E-state index in [1.807, 2.05) is 42.5 Å². The van der Waals surface area contributed by atoms with Crippen LogP contribution in [0.4, 0.5) is 17.1 Å². The molecular weight excluding hydrogens is 711 g/mol. The maximum atomic E-state index is 6.83. The predicted molar refractivity (Wildman–Crippen MR) is 236 cm³/mol. The van der Waals surface area contributed by atoms with Gasteiger partial charge in [-0.3, -0.25) is 0 Å². The highest BCUT2D eigenvalue weighted by atomic mass is 16.5. The van der Waals surface area contributed by atoms with E-state index in [1.165, 1.54) is 0 Å². The molecule has 9 aromatic carbocycles. The van der Waals surface area contributed by atoms with Gasteiger partial charge in [-0.05, 0) is 106 Å². The summed E-state index contributed by atoms with van der Waals surface area (Å²) < 4.78 is 19.5. The highest BCUT2D eigenvalue weighted by Crippen LogP contribution is 2.51. The molecule has 1 aromatic heterocycles. The Morgan fingerprint density at radius 1 is 0.276 bits per heavy atom. The fraction of sp³-hybridized carbons (Fsp3) is 0. The van der Waals surface area contributed by atoms with Gasteiger partial charge in [0, 0.05) is 56.2 Å². The third-order valence-electron chi connectivity index (χ3n) is 11.5. The third-order valence-corrected chi connectivity index (χ3v) is 11.5. The molecule has 0 saturated heterocycles. The Kier molecular flexibility index (Phi) is 7.20. The first kappa shape index (κ1) is 32.4. The maximum absolute atomic E-state index is 6.83. The van der Waals surface area contributed by atoms with Crippen LogP contribution in [0.15, 0.2) is 205 Å². The molecule has 4 nitrogen and oxygen atoms in total. The van der Waals surface area contributed by atoms with Crippen LogP contribution in [0.3, 0.4) is 0 Å². The Morgan fingerprint density at radius 3 is 1.43 bits per heavy atom. The summed E-state index contributed by atoms with van der Waals surface area (Å²) in [5.41, 5.74) is 15.8. The summed E-state index contributed by atoms with van der Waals surface area (Å²) in [6.45, 7) is 0. The SMILES string of the molecule is c1ccc2c(c1)Oc1cc(N(c3ccc(-c4ccc5oc6ccccc6c5c4)cc3)c3ccc4c(c3)-c3ccccc3Oc3ccccc3-4)ccc1-c1ccccc1-2. The molecule has 10 aromatic rings. The van der Waals surface area contributed by atoms with Crippen LogP contribution in [-0.2, 0) is 0 Å². The predicted octanol–water partition coefficient (Wildman–Crippen LogP) is 15.6. The van der Waals surface area contributed by atoms with Crippen LogP contribution in [0, 0.1) is 0 Å². The zero-order chi connectivity index (χ0) is 38.2. The Bertz CT molecular complexity index is 3250.